The number of aliphatic carboxylic acids is 1. The van der Waals surface area contributed by atoms with Crippen LogP contribution in [0.15, 0.2) is 0 Å². The first-order valence-corrected chi connectivity index (χ1v) is 7.01. The molecule has 1 heterocycles. The van der Waals surface area contributed by atoms with Crippen LogP contribution in [0.3, 0.4) is 0 Å². The van der Waals surface area contributed by atoms with Gasteiger partial charge >= 0.3 is 5.97 Å². The van der Waals surface area contributed by atoms with Crippen LogP contribution in [0.25, 0.3) is 0 Å². The van der Waals surface area contributed by atoms with Crippen molar-refractivity contribution >= 4 is 5.97 Å². The van der Waals surface area contributed by atoms with Crippen LogP contribution in [0.2, 0.25) is 0 Å². The van der Waals surface area contributed by atoms with Crippen molar-refractivity contribution in [1.82, 2.24) is 9.80 Å². The van der Waals surface area contributed by atoms with E-state index < -0.39 is 11.4 Å². The maximum Gasteiger partial charge on any atom is 0.324 e. The van der Waals surface area contributed by atoms with E-state index in [-0.39, 0.29) is 0 Å². The lowest BCUT2D eigenvalue weighted by molar-refractivity contribution is -0.147. The summed E-state index contributed by atoms with van der Waals surface area (Å²) in [7, 11) is 1.93. The SMILES string of the molecule is CCN(CC)CC.CN1CCC(C#N)(C(=O)O)CC1. The number of likely N-dealkylation sites (tertiary alicyclic amines) is 1. The van der Waals surface area contributed by atoms with Gasteiger partial charge in [-0.05, 0) is 52.6 Å². The molecule has 5 nitrogen and oxygen atoms in total. The van der Waals surface area contributed by atoms with Gasteiger partial charge in [-0.2, -0.15) is 5.26 Å². The molecule has 1 aliphatic heterocycles. The lowest BCUT2D eigenvalue weighted by Crippen LogP contribution is -2.41. The Kier molecular flexibility index (Phi) is 8.37. The molecule has 0 amide bonds. The number of nitrogens with zero attached hydrogens (tertiary/aromatic N) is 3. The van der Waals surface area contributed by atoms with E-state index >= 15 is 0 Å². The summed E-state index contributed by atoms with van der Waals surface area (Å²) >= 11 is 0. The molecule has 19 heavy (non-hydrogen) atoms. The fraction of sp³-hybridized carbons (Fsp3) is 0.857. The molecule has 1 saturated heterocycles. The third kappa shape index (κ3) is 5.58. The van der Waals surface area contributed by atoms with E-state index in [1.54, 1.807) is 0 Å². The van der Waals surface area contributed by atoms with E-state index in [0.717, 1.165) is 0 Å². The van der Waals surface area contributed by atoms with E-state index in [1.165, 1.54) is 19.6 Å². The van der Waals surface area contributed by atoms with Crippen molar-refractivity contribution in [2.45, 2.75) is 33.6 Å². The third-order valence-electron chi connectivity index (χ3n) is 3.81. The number of piperidine rings is 1. The lowest BCUT2D eigenvalue weighted by atomic mass is 9.80. The van der Waals surface area contributed by atoms with Gasteiger partial charge in [-0.3, -0.25) is 4.79 Å². The van der Waals surface area contributed by atoms with Crippen LogP contribution in [0.1, 0.15) is 33.6 Å². The quantitative estimate of drug-likeness (QED) is 0.840. The molecule has 0 unspecified atom stereocenters. The van der Waals surface area contributed by atoms with Crippen molar-refractivity contribution in [3.05, 3.63) is 0 Å². The number of nitriles is 1. The fourth-order valence-electron chi connectivity index (χ4n) is 2.04. The second-order valence-corrected chi connectivity index (χ2v) is 4.92. The van der Waals surface area contributed by atoms with Crippen LogP contribution < -0.4 is 0 Å². The Balaban J connectivity index is 0.000000399. The minimum Gasteiger partial charge on any atom is -0.480 e. The van der Waals surface area contributed by atoms with Crippen molar-refractivity contribution in [3.8, 4) is 6.07 Å². The largest absolute Gasteiger partial charge is 0.480 e. The van der Waals surface area contributed by atoms with Crippen LogP contribution >= 0.6 is 0 Å². The van der Waals surface area contributed by atoms with Gasteiger partial charge in [-0.1, -0.05) is 20.8 Å². The van der Waals surface area contributed by atoms with Gasteiger partial charge in [0.15, 0.2) is 5.41 Å². The lowest BCUT2D eigenvalue weighted by Gasteiger charge is -2.31. The van der Waals surface area contributed by atoms with Crippen LogP contribution in [0.4, 0.5) is 0 Å². The number of carbonyl (C=O) groups is 1. The summed E-state index contributed by atoms with van der Waals surface area (Å²) in [5, 5.41) is 17.6. The van der Waals surface area contributed by atoms with Crippen molar-refractivity contribution < 1.29 is 9.90 Å². The van der Waals surface area contributed by atoms with Gasteiger partial charge in [-0.15, -0.1) is 0 Å². The fourth-order valence-corrected chi connectivity index (χ4v) is 2.04. The van der Waals surface area contributed by atoms with Gasteiger partial charge < -0.3 is 14.9 Å². The number of carboxylic acids is 1. The molecule has 0 spiro atoms. The summed E-state index contributed by atoms with van der Waals surface area (Å²) in [5.74, 6) is -0.974. The van der Waals surface area contributed by atoms with E-state index in [4.69, 9.17) is 10.4 Å². The summed E-state index contributed by atoms with van der Waals surface area (Å²) in [6, 6.07) is 1.91. The summed E-state index contributed by atoms with van der Waals surface area (Å²) in [6.07, 6.45) is 0.880. The molecule has 1 fully saturated rings. The number of hydrogen-bond acceptors (Lipinski definition) is 4. The highest BCUT2D eigenvalue weighted by Crippen LogP contribution is 2.30. The van der Waals surface area contributed by atoms with Gasteiger partial charge in [0.1, 0.15) is 0 Å². The molecular weight excluding hydrogens is 242 g/mol. The maximum absolute atomic E-state index is 10.8. The van der Waals surface area contributed by atoms with Gasteiger partial charge in [0.05, 0.1) is 6.07 Å². The molecule has 0 aromatic heterocycles. The van der Waals surface area contributed by atoms with Crippen LogP contribution in [0.5, 0.6) is 0 Å². The number of rotatable bonds is 4. The summed E-state index contributed by atoms with van der Waals surface area (Å²) in [6.45, 7) is 11.5. The van der Waals surface area contributed by atoms with Crippen molar-refractivity contribution in [2.75, 3.05) is 39.8 Å². The summed E-state index contributed by atoms with van der Waals surface area (Å²) in [4.78, 5) is 15.2. The zero-order valence-electron chi connectivity index (χ0n) is 12.6. The van der Waals surface area contributed by atoms with Gasteiger partial charge in [-0.25, -0.2) is 0 Å². The Labute approximate surface area is 116 Å². The average Bonchev–Trinajstić information content (AvgIpc) is 2.42. The Bertz CT molecular complexity index is 295. The van der Waals surface area contributed by atoms with Crippen molar-refractivity contribution in [3.63, 3.8) is 0 Å². The molecule has 0 atom stereocenters. The molecule has 1 rings (SSSR count). The van der Waals surface area contributed by atoms with E-state index in [0.29, 0.717) is 25.9 Å². The van der Waals surface area contributed by atoms with Gasteiger partial charge in [0, 0.05) is 0 Å². The molecule has 1 aliphatic rings. The molecule has 1 N–H and O–H groups in total. The normalized spacial score (nSPS) is 18.3. The molecule has 0 aromatic carbocycles. The zero-order valence-corrected chi connectivity index (χ0v) is 12.6. The number of carboxylic acid groups (broad SMARTS) is 1. The van der Waals surface area contributed by atoms with E-state index in [1.807, 2.05) is 18.0 Å². The minimum atomic E-state index is -1.12. The maximum atomic E-state index is 10.8. The zero-order chi connectivity index (χ0) is 14.9. The number of hydrogen-bond donors (Lipinski definition) is 1. The van der Waals surface area contributed by atoms with Gasteiger partial charge in [0.25, 0.3) is 0 Å². The highest BCUT2D eigenvalue weighted by Gasteiger charge is 2.41. The monoisotopic (exact) mass is 269 g/mol. The Morgan fingerprint density at radius 3 is 1.89 bits per heavy atom. The van der Waals surface area contributed by atoms with Gasteiger partial charge in [0.2, 0.25) is 0 Å². The second kappa shape index (κ2) is 8.89. The Morgan fingerprint density at radius 2 is 1.68 bits per heavy atom. The van der Waals surface area contributed by atoms with Crippen LogP contribution in [-0.4, -0.2) is 60.6 Å². The molecule has 0 radical (unpaired) electrons. The average molecular weight is 269 g/mol. The predicted molar refractivity (Wildman–Crippen MR) is 75.9 cm³/mol. The van der Waals surface area contributed by atoms with Crippen molar-refractivity contribution in [2.24, 2.45) is 5.41 Å². The van der Waals surface area contributed by atoms with E-state index in [9.17, 15) is 4.79 Å². The third-order valence-corrected chi connectivity index (χ3v) is 3.81. The molecule has 0 aromatic rings. The first-order chi connectivity index (χ1) is 8.95. The van der Waals surface area contributed by atoms with E-state index in [2.05, 4.69) is 25.7 Å². The highest BCUT2D eigenvalue weighted by atomic mass is 16.4. The second-order valence-electron chi connectivity index (χ2n) is 4.92. The first kappa shape index (κ1) is 17.9. The highest BCUT2D eigenvalue weighted by molar-refractivity contribution is 5.78. The molecule has 5 heteroatoms. The predicted octanol–water partition coefficient (Wildman–Crippen LogP) is 1.65. The molecule has 110 valence electrons. The minimum absolute atomic E-state index is 0.440. The molecular formula is C14H27N3O2. The molecule has 0 aliphatic carbocycles. The van der Waals surface area contributed by atoms with Crippen LogP contribution in [-0.2, 0) is 4.79 Å². The molecule has 0 bridgehead atoms. The topological polar surface area (TPSA) is 67.6 Å². The summed E-state index contributed by atoms with van der Waals surface area (Å²) < 4.78 is 0. The van der Waals surface area contributed by atoms with Crippen molar-refractivity contribution in [1.29, 1.82) is 5.26 Å². The summed E-state index contributed by atoms with van der Waals surface area (Å²) in [5.41, 5.74) is -1.12. The Hall–Kier alpha value is -1.12. The molecule has 0 saturated carbocycles. The smallest absolute Gasteiger partial charge is 0.324 e. The van der Waals surface area contributed by atoms with Crippen LogP contribution in [0, 0.1) is 16.7 Å². The Morgan fingerprint density at radius 1 is 1.26 bits per heavy atom. The first-order valence-electron chi connectivity index (χ1n) is 7.01. The standard InChI is InChI=1S/C8H12N2O2.C6H15N/c1-10-4-2-8(6-9,3-5-10)7(11)12;1-4-7(5-2)6-3/h2-5H2,1H3,(H,11,12);4-6H2,1-3H3.